The smallest absolute Gasteiger partial charge is 0.496 e. The molecular weight excluding hydrogens is 471 g/mol. The number of aryl methyl sites for hydroxylation is 1. The van der Waals surface area contributed by atoms with Crippen molar-refractivity contribution in [3.05, 3.63) is 42.0 Å². The number of fused-ring (bicyclic) bond motifs is 1. The van der Waals surface area contributed by atoms with E-state index in [1.54, 1.807) is 21.0 Å². The lowest BCUT2D eigenvalue weighted by molar-refractivity contribution is -0.274. The van der Waals surface area contributed by atoms with Gasteiger partial charge in [0.25, 0.3) is 0 Å². The number of methoxy groups -OCH3 is 1. The number of aliphatic hydroxyl groups is 1. The Morgan fingerprint density at radius 3 is 2.22 bits per heavy atom. The molecule has 3 aromatic rings. The molecule has 2 N–H and O–H groups in total. The van der Waals surface area contributed by atoms with E-state index in [4.69, 9.17) is 9.72 Å². The van der Waals surface area contributed by atoms with Crippen LogP contribution in [0.15, 0.2) is 36.4 Å². The lowest BCUT2D eigenvalue weighted by Gasteiger charge is -2.27. The van der Waals surface area contributed by atoms with Crippen molar-refractivity contribution in [2.75, 3.05) is 12.4 Å². The SMILES string of the molecule is COc1cc2c(cc1C(C)(C)O)nc(Nc1ccc(OC(F)(F)F)cc1)n2CCC(C)(C)CC(C)C. The Bertz CT molecular complexity index is 1180. The summed E-state index contributed by atoms with van der Waals surface area (Å²) in [6.45, 7) is 12.9. The number of benzene rings is 2. The van der Waals surface area contributed by atoms with Crippen LogP contribution in [0.5, 0.6) is 11.5 Å². The standard InChI is InChI=1S/C27H36F3N3O3/c1-17(2)16-25(3,4)12-13-33-22-15-23(35-7)20(26(5,6)34)14-21(22)32-24(33)31-18-8-10-19(11-9-18)36-27(28,29)30/h8-11,14-15,17,34H,12-13,16H2,1-7H3,(H,31,32). The summed E-state index contributed by atoms with van der Waals surface area (Å²) in [5.74, 6) is 1.36. The summed E-state index contributed by atoms with van der Waals surface area (Å²) in [5.41, 5.74) is 1.65. The molecule has 0 amide bonds. The highest BCUT2D eigenvalue weighted by Crippen LogP contribution is 2.37. The van der Waals surface area contributed by atoms with Gasteiger partial charge in [0.1, 0.15) is 11.5 Å². The van der Waals surface area contributed by atoms with Crippen LogP contribution in [0.25, 0.3) is 11.0 Å². The maximum Gasteiger partial charge on any atom is 0.573 e. The maximum absolute atomic E-state index is 12.5. The predicted octanol–water partition coefficient (Wildman–Crippen LogP) is 7.38. The Balaban J connectivity index is 2.02. The van der Waals surface area contributed by atoms with E-state index in [9.17, 15) is 18.3 Å². The predicted molar refractivity (Wildman–Crippen MR) is 136 cm³/mol. The maximum atomic E-state index is 12.5. The summed E-state index contributed by atoms with van der Waals surface area (Å²) in [5, 5.41) is 13.9. The second-order valence-corrected chi connectivity index (χ2v) is 10.9. The molecule has 3 rings (SSSR count). The number of imidazole rings is 1. The number of rotatable bonds is 10. The molecule has 1 aromatic heterocycles. The van der Waals surface area contributed by atoms with Crippen molar-refractivity contribution in [2.45, 2.75) is 72.9 Å². The quantitative estimate of drug-likeness (QED) is 0.300. The van der Waals surface area contributed by atoms with E-state index in [-0.39, 0.29) is 11.2 Å². The normalized spacial score (nSPS) is 12.9. The molecule has 9 heteroatoms. The van der Waals surface area contributed by atoms with Gasteiger partial charge in [0.05, 0.1) is 23.7 Å². The molecule has 0 atom stereocenters. The van der Waals surface area contributed by atoms with Crippen molar-refractivity contribution in [1.82, 2.24) is 9.55 Å². The van der Waals surface area contributed by atoms with Crippen LogP contribution in [0.2, 0.25) is 0 Å². The van der Waals surface area contributed by atoms with Gasteiger partial charge < -0.3 is 24.5 Å². The van der Waals surface area contributed by atoms with Crippen LogP contribution in [0.3, 0.4) is 0 Å². The fraction of sp³-hybridized carbons (Fsp3) is 0.519. The third-order valence-electron chi connectivity index (χ3n) is 6.05. The zero-order valence-electron chi connectivity index (χ0n) is 22.0. The third kappa shape index (κ3) is 7.06. The Morgan fingerprint density at radius 2 is 1.69 bits per heavy atom. The molecule has 0 saturated carbocycles. The van der Waals surface area contributed by atoms with Gasteiger partial charge in [-0.3, -0.25) is 0 Å². The fourth-order valence-electron chi connectivity index (χ4n) is 4.61. The molecule has 0 saturated heterocycles. The summed E-state index contributed by atoms with van der Waals surface area (Å²) in [6.07, 6.45) is -2.79. The molecule has 0 aliphatic carbocycles. The average Bonchev–Trinajstić information content (AvgIpc) is 3.06. The molecule has 0 radical (unpaired) electrons. The second-order valence-electron chi connectivity index (χ2n) is 10.9. The highest BCUT2D eigenvalue weighted by atomic mass is 19.4. The summed E-state index contributed by atoms with van der Waals surface area (Å²) < 4.78 is 49.2. The van der Waals surface area contributed by atoms with Crippen molar-refractivity contribution >= 4 is 22.7 Å². The number of nitrogens with zero attached hydrogens (tertiary/aromatic N) is 2. The van der Waals surface area contributed by atoms with Gasteiger partial charge in [-0.05, 0) is 68.4 Å². The van der Waals surface area contributed by atoms with E-state index in [1.165, 1.54) is 24.3 Å². The lowest BCUT2D eigenvalue weighted by atomic mass is 9.81. The molecule has 0 aliphatic heterocycles. The highest BCUT2D eigenvalue weighted by Gasteiger charge is 2.31. The van der Waals surface area contributed by atoms with E-state index >= 15 is 0 Å². The van der Waals surface area contributed by atoms with Gasteiger partial charge in [0.15, 0.2) is 0 Å². The topological polar surface area (TPSA) is 68.5 Å². The van der Waals surface area contributed by atoms with Crippen molar-refractivity contribution in [3.63, 3.8) is 0 Å². The largest absolute Gasteiger partial charge is 0.573 e. The van der Waals surface area contributed by atoms with Crippen LogP contribution >= 0.6 is 0 Å². The molecule has 0 aliphatic rings. The minimum atomic E-state index is -4.75. The number of halogens is 3. The molecule has 36 heavy (non-hydrogen) atoms. The molecule has 0 fully saturated rings. The minimum Gasteiger partial charge on any atom is -0.496 e. The van der Waals surface area contributed by atoms with Crippen LogP contribution in [0.4, 0.5) is 24.8 Å². The lowest BCUT2D eigenvalue weighted by Crippen LogP contribution is -2.18. The van der Waals surface area contributed by atoms with Crippen molar-refractivity contribution in [3.8, 4) is 11.5 Å². The molecule has 0 spiro atoms. The van der Waals surface area contributed by atoms with Gasteiger partial charge in [-0.25, -0.2) is 4.98 Å². The van der Waals surface area contributed by atoms with Gasteiger partial charge in [0.2, 0.25) is 5.95 Å². The highest BCUT2D eigenvalue weighted by molar-refractivity contribution is 5.83. The van der Waals surface area contributed by atoms with Crippen molar-refractivity contribution in [1.29, 1.82) is 0 Å². The summed E-state index contributed by atoms with van der Waals surface area (Å²) in [6, 6.07) is 9.21. The van der Waals surface area contributed by atoms with E-state index in [1.807, 2.05) is 16.7 Å². The van der Waals surface area contributed by atoms with E-state index in [0.717, 1.165) is 18.4 Å². The molecule has 1 heterocycles. The van der Waals surface area contributed by atoms with Crippen LogP contribution in [-0.4, -0.2) is 28.1 Å². The Hall–Kier alpha value is -2.94. The fourth-order valence-corrected chi connectivity index (χ4v) is 4.61. The Kier molecular flexibility index (Phi) is 7.83. The van der Waals surface area contributed by atoms with Gasteiger partial charge in [-0.1, -0.05) is 27.7 Å². The number of hydrogen-bond acceptors (Lipinski definition) is 5. The minimum absolute atomic E-state index is 0.0930. The number of alkyl halides is 3. The molecular formula is C27H36F3N3O3. The first kappa shape index (κ1) is 27.6. The molecule has 198 valence electrons. The number of anilines is 2. The average molecular weight is 508 g/mol. The monoisotopic (exact) mass is 507 g/mol. The molecule has 0 unspecified atom stereocenters. The van der Waals surface area contributed by atoms with Crippen LogP contribution < -0.4 is 14.8 Å². The van der Waals surface area contributed by atoms with Crippen molar-refractivity contribution < 1.29 is 27.8 Å². The molecule has 2 aromatic carbocycles. The van der Waals surface area contributed by atoms with E-state index < -0.39 is 12.0 Å². The zero-order chi connectivity index (χ0) is 26.9. The Labute approximate surface area is 210 Å². The summed E-state index contributed by atoms with van der Waals surface area (Å²) in [4.78, 5) is 4.77. The van der Waals surface area contributed by atoms with Gasteiger partial charge in [-0.2, -0.15) is 0 Å². The third-order valence-corrected chi connectivity index (χ3v) is 6.05. The van der Waals surface area contributed by atoms with E-state index in [2.05, 4.69) is 37.7 Å². The van der Waals surface area contributed by atoms with E-state index in [0.29, 0.717) is 40.9 Å². The van der Waals surface area contributed by atoms with Crippen LogP contribution in [0.1, 0.15) is 59.9 Å². The van der Waals surface area contributed by atoms with Gasteiger partial charge >= 0.3 is 6.36 Å². The first-order chi connectivity index (χ1) is 16.6. The van der Waals surface area contributed by atoms with Gasteiger partial charge in [0, 0.05) is 23.9 Å². The summed E-state index contributed by atoms with van der Waals surface area (Å²) >= 11 is 0. The van der Waals surface area contributed by atoms with Gasteiger partial charge in [-0.15, -0.1) is 13.2 Å². The molecule has 6 nitrogen and oxygen atoms in total. The van der Waals surface area contributed by atoms with Crippen molar-refractivity contribution in [2.24, 2.45) is 11.3 Å². The van der Waals surface area contributed by atoms with Crippen LogP contribution in [0, 0.1) is 11.3 Å². The zero-order valence-corrected chi connectivity index (χ0v) is 22.0. The number of aromatic nitrogens is 2. The Morgan fingerprint density at radius 1 is 1.06 bits per heavy atom. The van der Waals surface area contributed by atoms with Crippen LogP contribution in [-0.2, 0) is 12.1 Å². The summed E-state index contributed by atoms with van der Waals surface area (Å²) in [7, 11) is 1.56. The first-order valence-corrected chi connectivity index (χ1v) is 12.0. The second kappa shape index (κ2) is 10.2. The first-order valence-electron chi connectivity index (χ1n) is 12.0. The number of nitrogens with one attached hydrogen (secondary N) is 1. The number of ether oxygens (including phenoxy) is 2. The number of hydrogen-bond donors (Lipinski definition) is 2. The molecule has 0 bridgehead atoms.